The fraction of sp³-hybridized carbons (Fsp3) is 0.211. The quantitative estimate of drug-likeness (QED) is 0.747. The molecular formula is C19H18FN3O4. The van der Waals surface area contributed by atoms with Gasteiger partial charge in [-0.3, -0.25) is 14.4 Å². The molecule has 140 valence electrons. The Morgan fingerprint density at radius 1 is 1.26 bits per heavy atom. The molecule has 2 aromatic rings. The Balaban J connectivity index is 1.80. The normalized spacial score (nSPS) is 16.7. The van der Waals surface area contributed by atoms with Crippen LogP contribution in [-0.4, -0.2) is 30.9 Å². The summed E-state index contributed by atoms with van der Waals surface area (Å²) in [7, 11) is 1.40. The predicted octanol–water partition coefficient (Wildman–Crippen LogP) is 1.35. The maximum atomic E-state index is 13.0. The second-order valence-corrected chi connectivity index (χ2v) is 6.08. The molecule has 27 heavy (non-hydrogen) atoms. The zero-order valence-corrected chi connectivity index (χ0v) is 14.6. The lowest BCUT2D eigenvalue weighted by atomic mass is 10.1. The number of halogens is 1. The van der Waals surface area contributed by atoms with E-state index in [1.54, 1.807) is 12.1 Å². The lowest BCUT2D eigenvalue weighted by molar-refractivity contribution is -0.121. The number of hydrogen-bond acceptors (Lipinski definition) is 5. The molecule has 7 nitrogen and oxygen atoms in total. The number of anilines is 1. The molecule has 0 bridgehead atoms. The van der Waals surface area contributed by atoms with Crippen LogP contribution in [0, 0.1) is 5.82 Å². The number of amides is 3. The second-order valence-electron chi connectivity index (χ2n) is 6.08. The monoisotopic (exact) mass is 371 g/mol. The van der Waals surface area contributed by atoms with Gasteiger partial charge in [0.2, 0.25) is 11.8 Å². The topological polar surface area (TPSA) is 102 Å². The van der Waals surface area contributed by atoms with Gasteiger partial charge in [0, 0.05) is 12.1 Å². The first-order chi connectivity index (χ1) is 12.9. The predicted molar refractivity (Wildman–Crippen MR) is 95.6 cm³/mol. The Kier molecular flexibility index (Phi) is 5.18. The van der Waals surface area contributed by atoms with E-state index in [4.69, 9.17) is 10.5 Å². The molecule has 1 atom stereocenters. The number of primary amides is 1. The van der Waals surface area contributed by atoms with E-state index in [0.29, 0.717) is 6.54 Å². The van der Waals surface area contributed by atoms with Crippen molar-refractivity contribution in [1.82, 2.24) is 5.32 Å². The van der Waals surface area contributed by atoms with E-state index in [1.807, 2.05) is 0 Å². The third-order valence-electron chi connectivity index (χ3n) is 4.32. The summed E-state index contributed by atoms with van der Waals surface area (Å²) >= 11 is 0. The van der Waals surface area contributed by atoms with Crippen molar-refractivity contribution >= 4 is 23.4 Å². The lowest BCUT2D eigenvalue weighted by Gasteiger charge is -2.19. The molecule has 3 rings (SSSR count). The van der Waals surface area contributed by atoms with Gasteiger partial charge < -0.3 is 15.8 Å². The highest BCUT2D eigenvalue weighted by atomic mass is 19.1. The van der Waals surface area contributed by atoms with Crippen LogP contribution in [-0.2, 0) is 16.1 Å². The summed E-state index contributed by atoms with van der Waals surface area (Å²) < 4.78 is 18.2. The number of carbonyl (C=O) groups excluding carboxylic acids is 3. The Hall–Kier alpha value is -3.26. The van der Waals surface area contributed by atoms with E-state index in [1.165, 1.54) is 37.4 Å². The van der Waals surface area contributed by atoms with Crippen LogP contribution in [0.25, 0.3) is 0 Å². The number of nitrogens with zero attached hydrogens (tertiary/aromatic N) is 1. The van der Waals surface area contributed by atoms with Crippen molar-refractivity contribution in [3.05, 3.63) is 59.4 Å². The Morgan fingerprint density at radius 2 is 1.96 bits per heavy atom. The van der Waals surface area contributed by atoms with E-state index in [9.17, 15) is 18.8 Å². The number of hydrogen-bond donors (Lipinski definition) is 2. The van der Waals surface area contributed by atoms with Gasteiger partial charge in [0.05, 0.1) is 25.3 Å². The van der Waals surface area contributed by atoms with Crippen LogP contribution in [0.15, 0.2) is 42.5 Å². The number of carbonyl (C=O) groups is 3. The fourth-order valence-corrected chi connectivity index (χ4v) is 2.91. The van der Waals surface area contributed by atoms with Gasteiger partial charge in [0.15, 0.2) is 0 Å². The van der Waals surface area contributed by atoms with Crippen molar-refractivity contribution in [2.24, 2.45) is 5.73 Å². The summed E-state index contributed by atoms with van der Waals surface area (Å²) in [5, 5.41) is 3.01. The minimum atomic E-state index is -0.732. The molecule has 1 unspecified atom stereocenters. The Morgan fingerprint density at radius 3 is 2.59 bits per heavy atom. The maximum Gasteiger partial charge on any atom is 0.251 e. The molecule has 0 aliphatic carbocycles. The van der Waals surface area contributed by atoms with Crippen LogP contribution >= 0.6 is 0 Å². The van der Waals surface area contributed by atoms with E-state index in [-0.39, 0.29) is 29.2 Å². The highest BCUT2D eigenvalue weighted by molar-refractivity contribution is 6.23. The van der Waals surface area contributed by atoms with Gasteiger partial charge in [0.1, 0.15) is 11.6 Å². The van der Waals surface area contributed by atoms with Crippen molar-refractivity contribution < 1.29 is 23.5 Å². The Labute approximate surface area is 154 Å². The molecule has 0 spiro atoms. The number of methoxy groups -OCH3 is 1. The number of nitrogens with two attached hydrogens (primary N) is 1. The number of nitrogens with one attached hydrogen (secondary N) is 1. The third-order valence-corrected chi connectivity index (χ3v) is 4.32. The Bertz CT molecular complexity index is 898. The maximum absolute atomic E-state index is 13.0. The SMILES string of the molecule is COc1ccc(C(N)=O)cc1N1C(=O)CC(NCc2ccc(F)cc2)C1=O. The van der Waals surface area contributed by atoms with Crippen LogP contribution in [0.3, 0.4) is 0 Å². The van der Waals surface area contributed by atoms with E-state index >= 15 is 0 Å². The van der Waals surface area contributed by atoms with Gasteiger partial charge in [-0.05, 0) is 35.9 Å². The number of rotatable bonds is 6. The first-order valence-electron chi connectivity index (χ1n) is 8.23. The third kappa shape index (κ3) is 3.80. The van der Waals surface area contributed by atoms with Gasteiger partial charge in [0.25, 0.3) is 5.91 Å². The summed E-state index contributed by atoms with van der Waals surface area (Å²) in [5.74, 6) is -1.62. The largest absolute Gasteiger partial charge is 0.495 e. The minimum Gasteiger partial charge on any atom is -0.495 e. The molecule has 3 N–H and O–H groups in total. The molecule has 1 aliphatic rings. The van der Waals surface area contributed by atoms with Gasteiger partial charge in [-0.25, -0.2) is 9.29 Å². The highest BCUT2D eigenvalue weighted by Crippen LogP contribution is 2.33. The minimum absolute atomic E-state index is 0.0377. The molecule has 0 saturated carbocycles. The van der Waals surface area contributed by atoms with Crippen molar-refractivity contribution in [3.8, 4) is 5.75 Å². The van der Waals surface area contributed by atoms with E-state index < -0.39 is 23.8 Å². The first-order valence-corrected chi connectivity index (χ1v) is 8.23. The number of benzene rings is 2. The summed E-state index contributed by atoms with van der Waals surface area (Å²) in [5.41, 5.74) is 6.40. The zero-order valence-electron chi connectivity index (χ0n) is 14.6. The van der Waals surface area contributed by atoms with Gasteiger partial charge >= 0.3 is 0 Å². The molecule has 3 amide bonds. The molecule has 1 fully saturated rings. The summed E-state index contributed by atoms with van der Waals surface area (Å²) in [4.78, 5) is 37.6. The van der Waals surface area contributed by atoms with E-state index in [2.05, 4.69) is 5.32 Å². The van der Waals surface area contributed by atoms with Gasteiger partial charge in [-0.15, -0.1) is 0 Å². The average Bonchev–Trinajstić information content (AvgIpc) is 2.94. The van der Waals surface area contributed by atoms with Crippen LogP contribution in [0.1, 0.15) is 22.3 Å². The van der Waals surface area contributed by atoms with Crippen LogP contribution in [0.2, 0.25) is 0 Å². The fourth-order valence-electron chi connectivity index (χ4n) is 2.91. The van der Waals surface area contributed by atoms with Crippen LogP contribution in [0.4, 0.5) is 10.1 Å². The summed E-state index contributed by atoms with van der Waals surface area (Å²) in [6, 6.07) is 9.41. The van der Waals surface area contributed by atoms with Crippen molar-refractivity contribution in [2.45, 2.75) is 19.0 Å². The average molecular weight is 371 g/mol. The smallest absolute Gasteiger partial charge is 0.251 e. The second kappa shape index (κ2) is 7.55. The standard InChI is InChI=1S/C19H18FN3O4/c1-27-16-7-4-12(18(21)25)8-15(16)23-17(24)9-14(19(23)26)22-10-11-2-5-13(20)6-3-11/h2-8,14,22H,9-10H2,1H3,(H2,21,25). The molecular weight excluding hydrogens is 353 g/mol. The van der Waals surface area contributed by atoms with Gasteiger partial charge in [-0.1, -0.05) is 12.1 Å². The lowest BCUT2D eigenvalue weighted by Crippen LogP contribution is -2.38. The van der Waals surface area contributed by atoms with Crippen molar-refractivity contribution in [2.75, 3.05) is 12.0 Å². The molecule has 2 aromatic carbocycles. The van der Waals surface area contributed by atoms with Crippen molar-refractivity contribution in [3.63, 3.8) is 0 Å². The summed E-state index contributed by atoms with van der Waals surface area (Å²) in [6.07, 6.45) is -0.0377. The molecule has 1 heterocycles. The first kappa shape index (κ1) is 18.5. The number of imide groups is 1. The molecule has 8 heteroatoms. The van der Waals surface area contributed by atoms with E-state index in [0.717, 1.165) is 10.5 Å². The van der Waals surface area contributed by atoms with Crippen molar-refractivity contribution in [1.29, 1.82) is 0 Å². The molecule has 0 aromatic heterocycles. The highest BCUT2D eigenvalue weighted by Gasteiger charge is 2.40. The molecule has 1 aliphatic heterocycles. The molecule has 0 radical (unpaired) electrons. The number of ether oxygens (including phenoxy) is 1. The van der Waals surface area contributed by atoms with Crippen LogP contribution < -0.4 is 20.7 Å². The molecule has 1 saturated heterocycles. The summed E-state index contributed by atoms with van der Waals surface area (Å²) in [6.45, 7) is 0.302. The van der Waals surface area contributed by atoms with Crippen LogP contribution in [0.5, 0.6) is 5.75 Å². The zero-order chi connectivity index (χ0) is 19.6. The van der Waals surface area contributed by atoms with Gasteiger partial charge in [-0.2, -0.15) is 0 Å².